The third kappa shape index (κ3) is 3.65. The molecule has 0 saturated carbocycles. The Kier molecular flexibility index (Phi) is 4.91. The van der Waals surface area contributed by atoms with Crippen molar-refractivity contribution in [2.24, 2.45) is 0 Å². The van der Waals surface area contributed by atoms with Crippen molar-refractivity contribution < 1.29 is 9.21 Å². The number of carbonyl (C=O) groups excluding carboxylic acids is 1. The van der Waals surface area contributed by atoms with Gasteiger partial charge in [-0.3, -0.25) is 9.69 Å². The molecule has 2 heterocycles. The highest BCUT2D eigenvalue weighted by atomic mass is 16.4. The van der Waals surface area contributed by atoms with E-state index in [4.69, 9.17) is 4.42 Å². The van der Waals surface area contributed by atoms with E-state index in [1.807, 2.05) is 24.3 Å². The minimum Gasteiger partial charge on any atom is -0.423 e. The number of hydrogen-bond donors (Lipinski definition) is 0. The van der Waals surface area contributed by atoms with Gasteiger partial charge >= 0.3 is 5.63 Å². The van der Waals surface area contributed by atoms with Gasteiger partial charge in [0.05, 0.1) is 0 Å². The van der Waals surface area contributed by atoms with Crippen molar-refractivity contribution in [3.63, 3.8) is 0 Å². The number of Topliss-reactive ketones (excluding diaryl/α,β-unsaturated/α-hetero) is 1. The predicted octanol–water partition coefficient (Wildman–Crippen LogP) is 3.81. The zero-order chi connectivity index (χ0) is 20.7. The summed E-state index contributed by atoms with van der Waals surface area (Å²) in [4.78, 5) is 28.4. The maximum Gasteiger partial charge on any atom is 0.336 e. The second-order valence-electron chi connectivity index (χ2n) is 8.43. The Bertz CT molecular complexity index is 1160. The van der Waals surface area contributed by atoms with E-state index in [0.29, 0.717) is 0 Å². The van der Waals surface area contributed by atoms with Crippen LogP contribution in [0.4, 0.5) is 5.69 Å². The van der Waals surface area contributed by atoms with Crippen molar-refractivity contribution in [2.75, 3.05) is 31.1 Å². The van der Waals surface area contributed by atoms with E-state index in [-0.39, 0.29) is 11.4 Å². The molecule has 5 nitrogen and oxygen atoms in total. The van der Waals surface area contributed by atoms with Gasteiger partial charge in [0.2, 0.25) is 0 Å². The summed E-state index contributed by atoms with van der Waals surface area (Å²) >= 11 is 0. The van der Waals surface area contributed by atoms with Gasteiger partial charge in [-0.15, -0.1) is 0 Å². The number of ketones is 1. The highest BCUT2D eigenvalue weighted by Crippen LogP contribution is 2.29. The first-order valence-electron chi connectivity index (χ1n) is 10.7. The molecule has 3 aromatic rings. The first kappa shape index (κ1) is 19.1. The quantitative estimate of drug-likeness (QED) is 0.491. The number of anilines is 1. The van der Waals surface area contributed by atoms with Crippen LogP contribution in [0.2, 0.25) is 0 Å². The molecule has 5 rings (SSSR count). The lowest BCUT2D eigenvalue weighted by molar-refractivity contribution is 0.101. The van der Waals surface area contributed by atoms with Crippen molar-refractivity contribution in [2.45, 2.75) is 32.7 Å². The van der Waals surface area contributed by atoms with Crippen molar-refractivity contribution in [1.29, 1.82) is 0 Å². The minimum absolute atomic E-state index is 0.0941. The van der Waals surface area contributed by atoms with E-state index >= 15 is 0 Å². The summed E-state index contributed by atoms with van der Waals surface area (Å²) in [5.41, 5.74) is 6.15. The van der Waals surface area contributed by atoms with Gasteiger partial charge in [-0.2, -0.15) is 0 Å². The van der Waals surface area contributed by atoms with E-state index in [1.54, 1.807) is 13.0 Å². The van der Waals surface area contributed by atoms with Crippen molar-refractivity contribution in [1.82, 2.24) is 4.90 Å². The van der Waals surface area contributed by atoms with Gasteiger partial charge in [-0.05, 0) is 79.3 Å². The van der Waals surface area contributed by atoms with Crippen LogP contribution in [-0.2, 0) is 19.4 Å². The third-order valence-corrected chi connectivity index (χ3v) is 6.45. The summed E-state index contributed by atoms with van der Waals surface area (Å²) in [5.74, 6) is 0.0941. The molecule has 0 radical (unpaired) electrons. The summed E-state index contributed by atoms with van der Waals surface area (Å²) in [6, 6.07) is 13.8. The van der Waals surface area contributed by atoms with Crippen LogP contribution in [0.1, 0.15) is 40.4 Å². The van der Waals surface area contributed by atoms with E-state index in [9.17, 15) is 9.59 Å². The highest BCUT2D eigenvalue weighted by molar-refractivity contribution is 5.94. The maximum atomic E-state index is 12.1. The summed E-state index contributed by atoms with van der Waals surface area (Å²) in [6.07, 6.45) is 3.38. The van der Waals surface area contributed by atoms with Crippen molar-refractivity contribution >= 4 is 22.4 Å². The summed E-state index contributed by atoms with van der Waals surface area (Å²) < 4.78 is 5.51. The van der Waals surface area contributed by atoms with Crippen LogP contribution in [-0.4, -0.2) is 36.9 Å². The van der Waals surface area contributed by atoms with Gasteiger partial charge in [0.25, 0.3) is 0 Å². The van der Waals surface area contributed by atoms with E-state index < -0.39 is 0 Å². The van der Waals surface area contributed by atoms with Gasteiger partial charge in [0.1, 0.15) is 5.58 Å². The molecular weight excluding hydrogens is 376 g/mol. The first-order valence-corrected chi connectivity index (χ1v) is 10.7. The summed E-state index contributed by atoms with van der Waals surface area (Å²) in [6.45, 7) is 6.07. The maximum absolute atomic E-state index is 12.1. The number of carbonyl (C=O) groups is 1. The average molecular weight is 402 g/mol. The Morgan fingerprint density at radius 1 is 0.967 bits per heavy atom. The molecule has 1 saturated heterocycles. The molecule has 0 atom stereocenters. The molecule has 30 heavy (non-hydrogen) atoms. The largest absolute Gasteiger partial charge is 0.423 e. The Morgan fingerprint density at radius 2 is 1.67 bits per heavy atom. The predicted molar refractivity (Wildman–Crippen MR) is 118 cm³/mol. The molecule has 2 aliphatic rings. The number of aryl methyl sites for hydroxylation is 2. The SMILES string of the molecule is CC(=O)c1ccc(N2CCN(Cc3cc(=O)oc4cc5c(cc34)CCC5)CC2)cc1. The minimum atomic E-state index is -0.264. The first-order chi connectivity index (χ1) is 14.6. The molecular formula is C25H26N2O3. The lowest BCUT2D eigenvalue weighted by Crippen LogP contribution is -2.46. The molecule has 0 unspecified atom stereocenters. The zero-order valence-electron chi connectivity index (χ0n) is 17.3. The van der Waals surface area contributed by atoms with Crippen molar-refractivity contribution in [3.8, 4) is 0 Å². The summed E-state index contributed by atoms with van der Waals surface area (Å²) in [5, 5.41) is 1.08. The molecule has 0 spiro atoms. The van der Waals surface area contributed by atoms with Gasteiger partial charge in [-0.1, -0.05) is 0 Å². The molecule has 0 N–H and O–H groups in total. The average Bonchev–Trinajstić information content (AvgIpc) is 3.20. The molecule has 1 aromatic heterocycles. The van der Waals surface area contributed by atoms with E-state index in [1.165, 1.54) is 17.5 Å². The lowest BCUT2D eigenvalue weighted by atomic mass is 10.0. The lowest BCUT2D eigenvalue weighted by Gasteiger charge is -2.36. The molecule has 5 heteroatoms. The van der Waals surface area contributed by atoms with Crippen LogP contribution in [0.3, 0.4) is 0 Å². The van der Waals surface area contributed by atoms with Gasteiger partial charge in [0.15, 0.2) is 5.78 Å². The molecule has 2 aromatic carbocycles. The Hall–Kier alpha value is -2.92. The Morgan fingerprint density at radius 3 is 2.37 bits per heavy atom. The molecule has 0 bridgehead atoms. The van der Waals surface area contributed by atoms with Gasteiger partial charge in [-0.25, -0.2) is 4.79 Å². The second-order valence-corrected chi connectivity index (χ2v) is 8.43. The fourth-order valence-electron chi connectivity index (χ4n) is 4.74. The molecule has 0 amide bonds. The highest BCUT2D eigenvalue weighted by Gasteiger charge is 2.20. The smallest absolute Gasteiger partial charge is 0.336 e. The van der Waals surface area contributed by atoms with Crippen LogP contribution in [0.15, 0.2) is 51.7 Å². The fraction of sp³-hybridized carbons (Fsp3) is 0.360. The molecule has 1 aliphatic carbocycles. The van der Waals surface area contributed by atoms with Crippen LogP contribution < -0.4 is 10.5 Å². The number of nitrogens with zero attached hydrogens (tertiary/aromatic N) is 2. The zero-order valence-corrected chi connectivity index (χ0v) is 17.3. The standard InChI is InChI=1S/C25H26N2O3/c1-17(28)18-5-7-22(8-6-18)27-11-9-26(10-12-27)16-21-15-25(29)30-24-14-20-4-2-3-19(20)13-23(21)24/h5-8,13-15H,2-4,9-12,16H2,1H3. The number of piperazine rings is 1. The molecule has 1 fully saturated rings. The topological polar surface area (TPSA) is 53.8 Å². The van der Waals surface area contributed by atoms with Crippen molar-refractivity contribution in [3.05, 3.63) is 75.1 Å². The Balaban J connectivity index is 1.31. The molecule has 154 valence electrons. The second kappa shape index (κ2) is 7.73. The molecule has 1 aliphatic heterocycles. The van der Waals surface area contributed by atoms with E-state index in [2.05, 4.69) is 21.9 Å². The van der Waals surface area contributed by atoms with Crippen LogP contribution >= 0.6 is 0 Å². The number of benzene rings is 2. The normalized spacial score (nSPS) is 16.8. The van der Waals surface area contributed by atoms with Gasteiger partial charge < -0.3 is 9.32 Å². The Labute approximate surface area is 175 Å². The number of hydrogen-bond acceptors (Lipinski definition) is 5. The van der Waals surface area contributed by atoms with Crippen LogP contribution in [0.25, 0.3) is 11.0 Å². The number of rotatable bonds is 4. The monoisotopic (exact) mass is 402 g/mol. The van der Waals surface area contributed by atoms with Gasteiger partial charge in [0, 0.05) is 55.4 Å². The fourth-order valence-corrected chi connectivity index (χ4v) is 4.74. The number of fused-ring (bicyclic) bond motifs is 2. The summed E-state index contributed by atoms with van der Waals surface area (Å²) in [7, 11) is 0. The van der Waals surface area contributed by atoms with E-state index in [0.717, 1.165) is 73.3 Å². The third-order valence-electron chi connectivity index (χ3n) is 6.45. The van der Waals surface area contributed by atoms with Crippen LogP contribution in [0.5, 0.6) is 0 Å². The van der Waals surface area contributed by atoms with Crippen LogP contribution in [0, 0.1) is 0 Å².